The lowest BCUT2D eigenvalue weighted by atomic mass is 10.1. The molecule has 1 aromatic heterocycles. The number of esters is 1. The Morgan fingerprint density at radius 1 is 1.14 bits per heavy atom. The van der Waals surface area contributed by atoms with E-state index >= 15 is 0 Å². The zero-order valence-electron chi connectivity index (χ0n) is 15.1. The first kappa shape index (κ1) is 19.4. The third-order valence-electron chi connectivity index (χ3n) is 3.83. The van der Waals surface area contributed by atoms with Crippen molar-refractivity contribution < 1.29 is 23.6 Å². The highest BCUT2D eigenvalue weighted by Gasteiger charge is 2.28. The number of hydrogen-bond donors (Lipinski definition) is 1. The van der Waals surface area contributed by atoms with E-state index in [4.69, 9.17) is 25.6 Å². The van der Waals surface area contributed by atoms with Gasteiger partial charge in [-0.05, 0) is 25.1 Å². The van der Waals surface area contributed by atoms with E-state index in [1.165, 1.54) is 13.2 Å². The molecule has 0 aliphatic heterocycles. The number of halogens is 1. The van der Waals surface area contributed by atoms with Gasteiger partial charge in [0, 0.05) is 16.7 Å². The summed E-state index contributed by atoms with van der Waals surface area (Å²) in [7, 11) is 1.42. The number of carbonyl (C=O) groups is 2. The number of nitrogens with one attached hydrogen (secondary N) is 1. The van der Waals surface area contributed by atoms with Gasteiger partial charge in [0.1, 0.15) is 17.1 Å². The van der Waals surface area contributed by atoms with Crippen molar-refractivity contribution in [3.8, 4) is 5.75 Å². The standard InChI is InChI=1S/C20H17ClN2O5/c1-12-10-17(23-28-12)22-19(24)18(13-6-4-3-5-7-13)27-20(25)15-11-14(21)8-9-16(15)26-2/h3-11,18H,1-2H3,(H,22,23,24). The minimum absolute atomic E-state index is 0.112. The summed E-state index contributed by atoms with van der Waals surface area (Å²) in [4.78, 5) is 25.5. The fourth-order valence-electron chi connectivity index (χ4n) is 2.53. The number of methoxy groups -OCH3 is 1. The van der Waals surface area contributed by atoms with Crippen molar-refractivity contribution in [2.24, 2.45) is 0 Å². The summed E-state index contributed by atoms with van der Waals surface area (Å²) in [6.45, 7) is 1.70. The van der Waals surface area contributed by atoms with Crippen LogP contribution >= 0.6 is 11.6 Å². The zero-order chi connectivity index (χ0) is 20.1. The van der Waals surface area contributed by atoms with Gasteiger partial charge in [0.15, 0.2) is 5.82 Å². The van der Waals surface area contributed by atoms with Gasteiger partial charge in [-0.2, -0.15) is 0 Å². The highest BCUT2D eigenvalue weighted by molar-refractivity contribution is 6.31. The first-order valence-electron chi connectivity index (χ1n) is 8.31. The van der Waals surface area contributed by atoms with Gasteiger partial charge in [-0.1, -0.05) is 47.1 Å². The number of rotatable bonds is 6. The highest BCUT2D eigenvalue weighted by atomic mass is 35.5. The molecule has 1 atom stereocenters. The van der Waals surface area contributed by atoms with Crippen molar-refractivity contribution in [3.05, 3.63) is 76.5 Å². The Hall–Kier alpha value is -3.32. The molecule has 1 unspecified atom stereocenters. The molecule has 3 rings (SSSR count). The first-order valence-corrected chi connectivity index (χ1v) is 8.69. The minimum atomic E-state index is -1.21. The molecule has 0 radical (unpaired) electrons. The van der Waals surface area contributed by atoms with Crippen LogP contribution in [-0.4, -0.2) is 24.1 Å². The maximum Gasteiger partial charge on any atom is 0.343 e. The zero-order valence-corrected chi connectivity index (χ0v) is 15.9. The SMILES string of the molecule is COc1ccc(Cl)cc1C(=O)OC(C(=O)Nc1cc(C)on1)c1ccccc1. The molecule has 7 nitrogen and oxygen atoms in total. The molecular weight excluding hydrogens is 384 g/mol. The second-order valence-electron chi connectivity index (χ2n) is 5.85. The average molecular weight is 401 g/mol. The van der Waals surface area contributed by atoms with E-state index in [1.54, 1.807) is 55.5 Å². The normalized spacial score (nSPS) is 11.5. The number of aryl methyl sites for hydroxylation is 1. The summed E-state index contributed by atoms with van der Waals surface area (Å²) in [6.07, 6.45) is -1.21. The number of carbonyl (C=O) groups excluding carboxylic acids is 2. The topological polar surface area (TPSA) is 90.7 Å². The van der Waals surface area contributed by atoms with Crippen molar-refractivity contribution in [2.45, 2.75) is 13.0 Å². The summed E-state index contributed by atoms with van der Waals surface area (Å²) < 4.78 is 15.6. The summed E-state index contributed by atoms with van der Waals surface area (Å²) >= 11 is 5.98. The largest absolute Gasteiger partial charge is 0.496 e. The van der Waals surface area contributed by atoms with E-state index in [-0.39, 0.29) is 17.1 Å². The van der Waals surface area contributed by atoms with Gasteiger partial charge in [0.25, 0.3) is 5.91 Å². The van der Waals surface area contributed by atoms with Crippen LogP contribution < -0.4 is 10.1 Å². The predicted octanol–water partition coefficient (Wildman–Crippen LogP) is 4.18. The van der Waals surface area contributed by atoms with Crippen molar-refractivity contribution in [3.63, 3.8) is 0 Å². The predicted molar refractivity (Wildman–Crippen MR) is 102 cm³/mol. The van der Waals surface area contributed by atoms with E-state index in [0.717, 1.165) is 0 Å². The second-order valence-corrected chi connectivity index (χ2v) is 6.29. The Bertz CT molecular complexity index is 987. The molecule has 1 amide bonds. The molecule has 144 valence electrons. The number of aromatic nitrogens is 1. The molecule has 0 saturated heterocycles. The van der Waals surface area contributed by atoms with E-state index in [1.807, 2.05) is 0 Å². The molecule has 0 saturated carbocycles. The van der Waals surface area contributed by atoms with E-state index < -0.39 is 18.0 Å². The number of hydrogen-bond acceptors (Lipinski definition) is 6. The fraction of sp³-hybridized carbons (Fsp3) is 0.150. The molecule has 8 heteroatoms. The van der Waals surface area contributed by atoms with Crippen molar-refractivity contribution in [1.29, 1.82) is 0 Å². The quantitative estimate of drug-likeness (QED) is 0.624. The minimum Gasteiger partial charge on any atom is -0.496 e. The average Bonchev–Trinajstić information content (AvgIpc) is 3.11. The molecule has 28 heavy (non-hydrogen) atoms. The molecule has 0 spiro atoms. The van der Waals surface area contributed by atoms with Crippen LogP contribution in [0.5, 0.6) is 5.75 Å². The van der Waals surface area contributed by atoms with Gasteiger partial charge < -0.3 is 19.3 Å². The van der Waals surface area contributed by atoms with E-state index in [0.29, 0.717) is 16.3 Å². The maximum atomic E-state index is 12.8. The molecule has 0 bridgehead atoms. The molecule has 0 aliphatic carbocycles. The smallest absolute Gasteiger partial charge is 0.343 e. The Kier molecular flexibility index (Phi) is 5.96. The first-order chi connectivity index (χ1) is 13.5. The van der Waals surface area contributed by atoms with Crippen LogP contribution in [0.1, 0.15) is 27.8 Å². The van der Waals surface area contributed by atoms with Crippen molar-refractivity contribution in [1.82, 2.24) is 5.16 Å². The lowest BCUT2D eigenvalue weighted by Crippen LogP contribution is -2.26. The van der Waals surface area contributed by atoms with Gasteiger partial charge in [-0.3, -0.25) is 4.79 Å². The summed E-state index contributed by atoms with van der Waals surface area (Å²) in [5.41, 5.74) is 0.607. The van der Waals surface area contributed by atoms with Crippen LogP contribution in [0.3, 0.4) is 0 Å². The van der Waals surface area contributed by atoms with Gasteiger partial charge >= 0.3 is 5.97 Å². The third-order valence-corrected chi connectivity index (χ3v) is 4.06. The third kappa shape index (κ3) is 4.50. The van der Waals surface area contributed by atoms with Gasteiger partial charge in [-0.15, -0.1) is 0 Å². The second kappa shape index (κ2) is 8.58. The van der Waals surface area contributed by atoms with Crippen LogP contribution in [0.2, 0.25) is 5.02 Å². The molecule has 0 fully saturated rings. The Labute approximate surface area is 166 Å². The summed E-state index contributed by atoms with van der Waals surface area (Å²) in [6, 6.07) is 14.8. The number of ether oxygens (including phenoxy) is 2. The fourth-order valence-corrected chi connectivity index (χ4v) is 2.70. The van der Waals surface area contributed by atoms with Gasteiger partial charge in [0.05, 0.1) is 7.11 Å². The number of amides is 1. The molecule has 2 aromatic carbocycles. The molecule has 0 aliphatic rings. The van der Waals surface area contributed by atoms with E-state index in [9.17, 15) is 9.59 Å². The molecule has 1 N–H and O–H groups in total. The van der Waals surface area contributed by atoms with Crippen molar-refractivity contribution in [2.75, 3.05) is 12.4 Å². The number of benzene rings is 2. The highest BCUT2D eigenvalue weighted by Crippen LogP contribution is 2.27. The molecule has 1 heterocycles. The lowest BCUT2D eigenvalue weighted by Gasteiger charge is -2.18. The van der Waals surface area contributed by atoms with Crippen LogP contribution in [0, 0.1) is 6.92 Å². The van der Waals surface area contributed by atoms with Gasteiger partial charge in [0.2, 0.25) is 6.10 Å². The summed E-state index contributed by atoms with van der Waals surface area (Å²) in [5.74, 6) is -0.283. The monoisotopic (exact) mass is 400 g/mol. The Balaban J connectivity index is 1.88. The van der Waals surface area contributed by atoms with Crippen LogP contribution in [0.4, 0.5) is 5.82 Å². The van der Waals surface area contributed by atoms with Gasteiger partial charge in [-0.25, -0.2) is 4.79 Å². The van der Waals surface area contributed by atoms with Crippen LogP contribution in [0.25, 0.3) is 0 Å². The summed E-state index contributed by atoms with van der Waals surface area (Å²) in [5, 5.41) is 6.64. The van der Waals surface area contributed by atoms with Crippen LogP contribution in [0.15, 0.2) is 59.1 Å². The van der Waals surface area contributed by atoms with Crippen LogP contribution in [-0.2, 0) is 9.53 Å². The number of anilines is 1. The molecule has 3 aromatic rings. The Morgan fingerprint density at radius 2 is 1.89 bits per heavy atom. The molecular formula is C20H17ClN2O5. The Morgan fingerprint density at radius 3 is 2.54 bits per heavy atom. The number of nitrogens with zero attached hydrogens (tertiary/aromatic N) is 1. The lowest BCUT2D eigenvalue weighted by molar-refractivity contribution is -0.125. The van der Waals surface area contributed by atoms with Crippen molar-refractivity contribution >= 4 is 29.3 Å². The van der Waals surface area contributed by atoms with E-state index in [2.05, 4.69) is 10.5 Å². The maximum absolute atomic E-state index is 12.8.